The quantitative estimate of drug-likeness (QED) is 0.323. The molecule has 0 spiro atoms. The van der Waals surface area contributed by atoms with E-state index in [0.717, 1.165) is 18.5 Å². The Hall–Kier alpha value is -2.56. The lowest BCUT2D eigenvalue weighted by Crippen LogP contribution is -2.55. The smallest absolute Gasteiger partial charge is 0.405 e. The number of nitrogens with zero attached hydrogens (tertiary/aromatic N) is 1. The topological polar surface area (TPSA) is 82.7 Å². The van der Waals surface area contributed by atoms with Gasteiger partial charge in [-0.25, -0.2) is 4.79 Å². The van der Waals surface area contributed by atoms with Crippen LogP contribution in [0, 0.1) is 0 Å². The third kappa shape index (κ3) is 7.35. The number of rotatable bonds is 7. The Bertz CT molecular complexity index is 1230. The molecule has 2 aliphatic rings. The SMILES string of the molecule is CC(C)(Oc1ccc(Cl)cc1Cl)C(=O)N[C@H]1C[C@H]2CC[C@@H](C1)N2c1ccc(NC(=O)NCC(F)(F)F)cc1Cl. The van der Waals surface area contributed by atoms with E-state index in [-0.39, 0.29) is 29.7 Å². The maximum atomic E-state index is 13.1. The molecule has 2 fully saturated rings. The first-order chi connectivity index (χ1) is 18.2. The zero-order chi connectivity index (χ0) is 28.5. The highest BCUT2D eigenvalue weighted by Crippen LogP contribution is 2.43. The number of hydrogen-bond acceptors (Lipinski definition) is 4. The number of fused-ring (bicyclic) bond motifs is 2. The second-order valence-corrected chi connectivity index (χ2v) is 11.5. The zero-order valence-corrected chi connectivity index (χ0v) is 23.4. The van der Waals surface area contributed by atoms with Gasteiger partial charge in [-0.05, 0) is 75.9 Å². The number of amides is 3. The van der Waals surface area contributed by atoms with Gasteiger partial charge in [0.05, 0.1) is 15.7 Å². The largest absolute Gasteiger partial charge is 0.476 e. The van der Waals surface area contributed by atoms with Crippen molar-refractivity contribution in [3.05, 3.63) is 51.5 Å². The van der Waals surface area contributed by atoms with Crippen molar-refractivity contribution in [3.63, 3.8) is 0 Å². The van der Waals surface area contributed by atoms with E-state index >= 15 is 0 Å². The minimum atomic E-state index is -4.50. The molecular weight excluding hydrogens is 580 g/mol. The summed E-state index contributed by atoms with van der Waals surface area (Å²) in [5.41, 5.74) is -0.121. The van der Waals surface area contributed by atoms with E-state index in [4.69, 9.17) is 39.5 Å². The monoisotopic (exact) mass is 606 g/mol. The van der Waals surface area contributed by atoms with Gasteiger partial charge in [0.2, 0.25) is 0 Å². The van der Waals surface area contributed by atoms with Crippen LogP contribution < -0.4 is 25.6 Å². The molecule has 7 nitrogen and oxygen atoms in total. The number of halogens is 6. The number of alkyl halides is 3. The second kappa shape index (κ2) is 11.5. The van der Waals surface area contributed by atoms with Crippen molar-refractivity contribution < 1.29 is 27.5 Å². The van der Waals surface area contributed by atoms with Crippen LogP contribution in [0.2, 0.25) is 15.1 Å². The fourth-order valence-electron chi connectivity index (χ4n) is 5.08. The molecule has 2 aliphatic heterocycles. The number of carbonyl (C=O) groups excluding carboxylic acids is 2. The lowest BCUT2D eigenvalue weighted by molar-refractivity contribution is -0.135. The van der Waals surface area contributed by atoms with Gasteiger partial charge in [0, 0.05) is 28.8 Å². The van der Waals surface area contributed by atoms with Crippen molar-refractivity contribution in [3.8, 4) is 5.75 Å². The second-order valence-electron chi connectivity index (χ2n) is 10.2. The van der Waals surface area contributed by atoms with Crippen LogP contribution in [0.15, 0.2) is 36.4 Å². The third-order valence-electron chi connectivity index (χ3n) is 6.81. The molecule has 3 atom stereocenters. The Morgan fingerprint density at radius 3 is 2.26 bits per heavy atom. The van der Waals surface area contributed by atoms with E-state index in [1.807, 2.05) is 0 Å². The number of anilines is 2. The fourth-order valence-corrected chi connectivity index (χ4v) is 5.80. The molecule has 3 amide bonds. The molecule has 0 radical (unpaired) electrons. The molecule has 3 N–H and O–H groups in total. The molecule has 2 heterocycles. The van der Waals surface area contributed by atoms with Gasteiger partial charge in [-0.15, -0.1) is 0 Å². The molecule has 2 bridgehead atoms. The summed E-state index contributed by atoms with van der Waals surface area (Å²) < 4.78 is 42.9. The van der Waals surface area contributed by atoms with Gasteiger partial charge in [0.1, 0.15) is 12.3 Å². The standard InChI is InChI=1S/C26H28Cl3F3N4O3/c1-25(2,39-22-8-3-14(27)9-20(22)29)23(37)34-16-10-17-5-6-18(11-16)36(17)21-7-4-15(12-19(21)28)35-24(38)33-13-26(30,31)32/h3-4,7-9,12,16-18H,5-6,10-11,13H2,1-2H3,(H,34,37)(H2,33,35,38)/t16-,17+,18-. The van der Waals surface area contributed by atoms with E-state index in [9.17, 15) is 22.8 Å². The van der Waals surface area contributed by atoms with E-state index in [2.05, 4.69) is 15.5 Å². The maximum Gasteiger partial charge on any atom is 0.405 e. The van der Waals surface area contributed by atoms with Crippen molar-refractivity contribution in [2.24, 2.45) is 0 Å². The molecule has 4 rings (SSSR count). The Morgan fingerprint density at radius 1 is 1.00 bits per heavy atom. The van der Waals surface area contributed by atoms with Crippen molar-refractivity contribution >= 4 is 58.1 Å². The van der Waals surface area contributed by atoms with Crippen molar-refractivity contribution in [2.45, 2.75) is 69.4 Å². The maximum absolute atomic E-state index is 13.1. The highest BCUT2D eigenvalue weighted by atomic mass is 35.5. The average molecular weight is 608 g/mol. The minimum absolute atomic E-state index is 0.0631. The molecule has 0 aliphatic carbocycles. The van der Waals surface area contributed by atoms with Crippen molar-refractivity contribution in [1.29, 1.82) is 0 Å². The van der Waals surface area contributed by atoms with Gasteiger partial charge >= 0.3 is 12.2 Å². The van der Waals surface area contributed by atoms with Crippen LogP contribution in [-0.2, 0) is 4.79 Å². The first-order valence-electron chi connectivity index (χ1n) is 12.4. The fraction of sp³-hybridized carbons (Fsp3) is 0.462. The summed E-state index contributed by atoms with van der Waals surface area (Å²) in [5, 5.41) is 8.40. The Balaban J connectivity index is 1.36. The van der Waals surface area contributed by atoms with Gasteiger partial charge in [-0.1, -0.05) is 34.8 Å². The molecular formula is C26H28Cl3F3N4O3. The highest BCUT2D eigenvalue weighted by Gasteiger charge is 2.43. The molecule has 0 unspecified atom stereocenters. The number of nitrogens with one attached hydrogen (secondary N) is 3. The summed E-state index contributed by atoms with van der Waals surface area (Å²) in [4.78, 5) is 27.1. The van der Waals surface area contributed by atoms with Crippen LogP contribution in [0.1, 0.15) is 39.5 Å². The molecule has 0 aromatic heterocycles. The molecule has 39 heavy (non-hydrogen) atoms. The molecule has 2 saturated heterocycles. The Labute approximate surface area is 239 Å². The van der Waals surface area contributed by atoms with Gasteiger partial charge < -0.3 is 25.6 Å². The van der Waals surface area contributed by atoms with Crippen LogP contribution >= 0.6 is 34.8 Å². The van der Waals surface area contributed by atoms with Gasteiger partial charge in [-0.3, -0.25) is 4.79 Å². The summed E-state index contributed by atoms with van der Waals surface area (Å²) in [6, 6.07) is 8.91. The zero-order valence-electron chi connectivity index (χ0n) is 21.2. The van der Waals surface area contributed by atoms with Crippen LogP contribution in [0.4, 0.5) is 29.3 Å². The van der Waals surface area contributed by atoms with Crippen molar-refractivity contribution in [1.82, 2.24) is 10.6 Å². The van der Waals surface area contributed by atoms with Gasteiger partial charge in [-0.2, -0.15) is 13.2 Å². The lowest BCUT2D eigenvalue weighted by atomic mass is 9.95. The summed E-state index contributed by atoms with van der Waals surface area (Å²) in [5.74, 6) is 0.102. The van der Waals surface area contributed by atoms with Gasteiger partial charge in [0.25, 0.3) is 5.91 Å². The number of urea groups is 1. The Kier molecular flexibility index (Phi) is 8.68. The minimum Gasteiger partial charge on any atom is -0.476 e. The predicted molar refractivity (Wildman–Crippen MR) is 146 cm³/mol. The highest BCUT2D eigenvalue weighted by molar-refractivity contribution is 6.35. The Morgan fingerprint density at radius 2 is 1.67 bits per heavy atom. The number of piperidine rings is 1. The van der Waals surface area contributed by atoms with E-state index in [0.29, 0.717) is 33.7 Å². The number of benzene rings is 2. The first-order valence-corrected chi connectivity index (χ1v) is 13.5. The average Bonchev–Trinajstić information content (AvgIpc) is 3.08. The normalized spacial score (nSPS) is 20.9. The summed E-state index contributed by atoms with van der Waals surface area (Å²) in [6.45, 7) is 1.92. The summed E-state index contributed by atoms with van der Waals surface area (Å²) in [7, 11) is 0. The van der Waals surface area contributed by atoms with Gasteiger partial charge in [0.15, 0.2) is 5.60 Å². The van der Waals surface area contributed by atoms with E-state index in [1.54, 1.807) is 49.5 Å². The predicted octanol–water partition coefficient (Wildman–Crippen LogP) is 6.80. The molecule has 2 aromatic carbocycles. The third-order valence-corrected chi connectivity index (χ3v) is 7.64. The van der Waals surface area contributed by atoms with Crippen LogP contribution in [0.3, 0.4) is 0 Å². The lowest BCUT2D eigenvalue weighted by Gasteiger charge is -2.42. The van der Waals surface area contributed by atoms with E-state index in [1.165, 1.54) is 6.07 Å². The van der Waals surface area contributed by atoms with Crippen molar-refractivity contribution in [2.75, 3.05) is 16.8 Å². The summed E-state index contributed by atoms with van der Waals surface area (Å²) >= 11 is 18.7. The molecule has 2 aromatic rings. The van der Waals surface area contributed by atoms with Crippen LogP contribution in [-0.4, -0.2) is 48.4 Å². The number of hydrogen-bond donors (Lipinski definition) is 3. The van der Waals surface area contributed by atoms with E-state index < -0.39 is 24.4 Å². The number of carbonyl (C=O) groups is 2. The molecule has 0 saturated carbocycles. The van der Waals surface area contributed by atoms with Crippen LogP contribution in [0.5, 0.6) is 5.75 Å². The first kappa shape index (κ1) is 29.4. The van der Waals surface area contributed by atoms with Crippen LogP contribution in [0.25, 0.3) is 0 Å². The molecule has 212 valence electrons. The summed E-state index contributed by atoms with van der Waals surface area (Å²) in [6.07, 6.45) is -1.25. The number of ether oxygens (including phenoxy) is 1. The molecule has 13 heteroatoms.